The maximum absolute atomic E-state index is 10.3. The molecule has 90 valence electrons. The number of nitrogens with zero attached hydrogens (tertiary/aromatic N) is 1. The smallest absolute Gasteiger partial charge is 0.303 e. The first-order chi connectivity index (χ1) is 8.13. The summed E-state index contributed by atoms with van der Waals surface area (Å²) in [5, 5.41) is 20.8. The van der Waals surface area contributed by atoms with Crippen LogP contribution >= 0.6 is 11.6 Å². The number of nitrogens with one attached hydrogen (secondary N) is 1. The molecule has 0 heterocycles. The van der Waals surface area contributed by atoms with Crippen molar-refractivity contribution >= 4 is 17.6 Å². The second-order valence-corrected chi connectivity index (χ2v) is 4.00. The number of carbonyl (C=O) groups is 1. The minimum Gasteiger partial charge on any atom is -0.481 e. The van der Waals surface area contributed by atoms with Crippen molar-refractivity contribution in [2.24, 2.45) is 0 Å². The highest BCUT2D eigenvalue weighted by molar-refractivity contribution is 6.31. The molecule has 0 radical (unpaired) electrons. The van der Waals surface area contributed by atoms with Crippen molar-refractivity contribution in [2.45, 2.75) is 19.4 Å². The average Bonchev–Trinajstić information content (AvgIpc) is 2.30. The Kier molecular flexibility index (Phi) is 5.47. The zero-order valence-electron chi connectivity index (χ0n) is 9.24. The maximum atomic E-state index is 10.3. The van der Waals surface area contributed by atoms with E-state index in [4.69, 9.17) is 22.0 Å². The van der Waals surface area contributed by atoms with Gasteiger partial charge in [-0.1, -0.05) is 17.7 Å². The highest BCUT2D eigenvalue weighted by atomic mass is 35.5. The van der Waals surface area contributed by atoms with Crippen molar-refractivity contribution in [2.75, 3.05) is 6.54 Å². The van der Waals surface area contributed by atoms with Crippen LogP contribution in [0, 0.1) is 11.3 Å². The van der Waals surface area contributed by atoms with E-state index in [9.17, 15) is 4.79 Å². The Morgan fingerprint density at radius 1 is 1.53 bits per heavy atom. The molecule has 0 fully saturated rings. The molecule has 0 spiro atoms. The van der Waals surface area contributed by atoms with E-state index in [0.717, 1.165) is 5.56 Å². The van der Waals surface area contributed by atoms with E-state index in [1.165, 1.54) is 0 Å². The van der Waals surface area contributed by atoms with Crippen molar-refractivity contribution in [1.82, 2.24) is 5.32 Å². The largest absolute Gasteiger partial charge is 0.481 e. The van der Waals surface area contributed by atoms with Gasteiger partial charge in [0.15, 0.2) is 0 Å². The average molecular weight is 253 g/mol. The zero-order valence-corrected chi connectivity index (χ0v) is 10.00. The van der Waals surface area contributed by atoms with E-state index < -0.39 is 5.97 Å². The third-order valence-electron chi connectivity index (χ3n) is 2.24. The Balaban J connectivity index is 2.37. The summed E-state index contributed by atoms with van der Waals surface area (Å²) in [5.41, 5.74) is 1.44. The molecule has 0 aliphatic carbocycles. The molecule has 0 atom stereocenters. The van der Waals surface area contributed by atoms with Crippen molar-refractivity contribution in [1.29, 1.82) is 5.26 Å². The van der Waals surface area contributed by atoms with Crippen LogP contribution in [0.1, 0.15) is 24.0 Å². The van der Waals surface area contributed by atoms with Gasteiger partial charge in [0.25, 0.3) is 0 Å². The summed E-state index contributed by atoms with van der Waals surface area (Å²) in [4.78, 5) is 10.3. The zero-order chi connectivity index (χ0) is 12.7. The minimum absolute atomic E-state index is 0.161. The number of rotatable bonds is 6. The number of nitriles is 1. The SMILES string of the molecule is N#Cc1ccc(CNCCCC(=O)O)c(Cl)c1. The van der Waals surface area contributed by atoms with Gasteiger partial charge in [0.2, 0.25) is 0 Å². The summed E-state index contributed by atoms with van der Waals surface area (Å²) in [7, 11) is 0. The standard InChI is InChI=1S/C12H13ClN2O2/c13-11-6-9(7-14)3-4-10(11)8-15-5-1-2-12(16)17/h3-4,6,15H,1-2,5,8H2,(H,16,17). The first-order valence-electron chi connectivity index (χ1n) is 5.24. The van der Waals surface area contributed by atoms with E-state index >= 15 is 0 Å². The monoisotopic (exact) mass is 252 g/mol. The normalized spacial score (nSPS) is 9.88. The summed E-state index contributed by atoms with van der Waals surface area (Å²) in [5.74, 6) is -0.789. The van der Waals surface area contributed by atoms with Crippen LogP contribution in [-0.4, -0.2) is 17.6 Å². The summed E-state index contributed by atoms with van der Waals surface area (Å²) in [6.07, 6.45) is 0.747. The van der Waals surface area contributed by atoms with E-state index in [-0.39, 0.29) is 6.42 Å². The molecule has 0 saturated heterocycles. The van der Waals surface area contributed by atoms with Gasteiger partial charge in [0, 0.05) is 18.0 Å². The second-order valence-electron chi connectivity index (χ2n) is 3.59. The van der Waals surface area contributed by atoms with Gasteiger partial charge in [-0.2, -0.15) is 5.26 Å². The highest BCUT2D eigenvalue weighted by Gasteiger charge is 2.02. The molecule has 17 heavy (non-hydrogen) atoms. The van der Waals surface area contributed by atoms with Crippen LogP contribution in [0.4, 0.5) is 0 Å². The molecule has 4 nitrogen and oxygen atoms in total. The Hall–Kier alpha value is -1.57. The highest BCUT2D eigenvalue weighted by Crippen LogP contribution is 2.17. The van der Waals surface area contributed by atoms with Crippen molar-refractivity contribution < 1.29 is 9.90 Å². The van der Waals surface area contributed by atoms with Crippen LogP contribution < -0.4 is 5.32 Å². The fourth-order valence-electron chi connectivity index (χ4n) is 1.35. The lowest BCUT2D eigenvalue weighted by atomic mass is 10.1. The van der Waals surface area contributed by atoms with Gasteiger partial charge in [-0.25, -0.2) is 0 Å². The molecule has 5 heteroatoms. The van der Waals surface area contributed by atoms with Crippen LogP contribution in [0.3, 0.4) is 0 Å². The van der Waals surface area contributed by atoms with Crippen LogP contribution in [0.2, 0.25) is 5.02 Å². The summed E-state index contributed by atoms with van der Waals surface area (Å²) in [6, 6.07) is 7.14. The molecular weight excluding hydrogens is 240 g/mol. The Morgan fingerprint density at radius 3 is 2.88 bits per heavy atom. The fourth-order valence-corrected chi connectivity index (χ4v) is 1.60. The number of halogens is 1. The van der Waals surface area contributed by atoms with Crippen LogP contribution in [0.5, 0.6) is 0 Å². The van der Waals surface area contributed by atoms with Gasteiger partial charge in [0.1, 0.15) is 0 Å². The lowest BCUT2D eigenvalue weighted by Crippen LogP contribution is -2.16. The maximum Gasteiger partial charge on any atom is 0.303 e. The quantitative estimate of drug-likeness (QED) is 0.761. The fraction of sp³-hybridized carbons (Fsp3) is 0.333. The molecule has 1 rings (SSSR count). The summed E-state index contributed by atoms with van der Waals surface area (Å²) in [6.45, 7) is 1.20. The Labute approximate surface area is 105 Å². The number of aliphatic carboxylic acids is 1. The third-order valence-corrected chi connectivity index (χ3v) is 2.59. The first-order valence-corrected chi connectivity index (χ1v) is 5.62. The number of hydrogen-bond donors (Lipinski definition) is 2. The third kappa shape index (κ3) is 4.85. The van der Waals surface area contributed by atoms with Gasteiger partial charge < -0.3 is 10.4 Å². The number of hydrogen-bond acceptors (Lipinski definition) is 3. The molecule has 1 aromatic carbocycles. The predicted octanol–water partition coefficient (Wildman–Crippen LogP) is 2.17. The lowest BCUT2D eigenvalue weighted by Gasteiger charge is -2.06. The molecule has 0 saturated carbocycles. The Morgan fingerprint density at radius 2 is 2.29 bits per heavy atom. The second kappa shape index (κ2) is 6.89. The van der Waals surface area contributed by atoms with Gasteiger partial charge in [-0.15, -0.1) is 0 Å². The summed E-state index contributed by atoms with van der Waals surface area (Å²) < 4.78 is 0. The summed E-state index contributed by atoms with van der Waals surface area (Å²) >= 11 is 5.99. The van der Waals surface area contributed by atoms with E-state index in [1.54, 1.807) is 18.2 Å². The van der Waals surface area contributed by atoms with Crippen LogP contribution in [0.25, 0.3) is 0 Å². The van der Waals surface area contributed by atoms with E-state index in [0.29, 0.717) is 30.1 Å². The molecule has 0 aliphatic rings. The molecule has 0 aromatic heterocycles. The van der Waals surface area contributed by atoms with Gasteiger partial charge >= 0.3 is 5.97 Å². The van der Waals surface area contributed by atoms with Gasteiger partial charge in [-0.05, 0) is 30.7 Å². The van der Waals surface area contributed by atoms with Gasteiger partial charge in [-0.3, -0.25) is 4.79 Å². The van der Waals surface area contributed by atoms with Crippen LogP contribution in [-0.2, 0) is 11.3 Å². The predicted molar refractivity (Wildman–Crippen MR) is 64.7 cm³/mol. The van der Waals surface area contributed by atoms with E-state index in [1.807, 2.05) is 6.07 Å². The molecule has 1 aromatic rings. The van der Waals surface area contributed by atoms with Crippen molar-refractivity contribution in [3.63, 3.8) is 0 Å². The molecule has 0 unspecified atom stereocenters. The lowest BCUT2D eigenvalue weighted by molar-refractivity contribution is -0.137. The number of benzene rings is 1. The molecular formula is C12H13ClN2O2. The van der Waals surface area contributed by atoms with Crippen LogP contribution in [0.15, 0.2) is 18.2 Å². The van der Waals surface area contributed by atoms with Gasteiger partial charge in [0.05, 0.1) is 11.6 Å². The Bertz CT molecular complexity index is 441. The molecule has 0 amide bonds. The number of carboxylic acids is 1. The minimum atomic E-state index is -0.789. The van der Waals surface area contributed by atoms with Crippen molar-refractivity contribution in [3.8, 4) is 6.07 Å². The molecule has 0 aliphatic heterocycles. The molecule has 2 N–H and O–H groups in total. The number of carboxylic acid groups (broad SMARTS) is 1. The van der Waals surface area contributed by atoms with Crippen molar-refractivity contribution in [3.05, 3.63) is 34.3 Å². The molecule has 0 bridgehead atoms. The van der Waals surface area contributed by atoms with E-state index in [2.05, 4.69) is 5.32 Å². The first kappa shape index (κ1) is 13.5. The topological polar surface area (TPSA) is 73.1 Å².